The first-order valence-electron chi connectivity index (χ1n) is 6.46. The summed E-state index contributed by atoms with van der Waals surface area (Å²) in [5, 5.41) is 0. The quantitative estimate of drug-likeness (QED) is 0.812. The van der Waals surface area contributed by atoms with Gasteiger partial charge in [0.2, 0.25) is 10.0 Å². The molecule has 0 aliphatic heterocycles. The fourth-order valence-electron chi connectivity index (χ4n) is 1.84. The highest BCUT2D eigenvalue weighted by molar-refractivity contribution is 7.91. The second-order valence-electron chi connectivity index (χ2n) is 4.42. The fraction of sp³-hybridized carbons (Fsp3) is 0.286. The van der Waals surface area contributed by atoms with Crippen LogP contribution in [0.5, 0.6) is 5.75 Å². The molecule has 0 saturated heterocycles. The van der Waals surface area contributed by atoms with E-state index in [4.69, 9.17) is 10.5 Å². The highest BCUT2D eigenvalue weighted by atomic mass is 32.2. The van der Waals surface area contributed by atoms with Gasteiger partial charge < -0.3 is 10.5 Å². The molecule has 0 bridgehead atoms. The second kappa shape index (κ2) is 7.04. The first-order chi connectivity index (χ1) is 10.0. The van der Waals surface area contributed by atoms with Gasteiger partial charge in [-0.2, -0.15) is 0 Å². The molecule has 2 rings (SSSR count). The van der Waals surface area contributed by atoms with Crippen LogP contribution < -0.4 is 15.2 Å². The van der Waals surface area contributed by atoms with E-state index >= 15 is 0 Å². The Bertz CT molecular complexity index is 696. The lowest BCUT2D eigenvalue weighted by Gasteiger charge is -2.06. The summed E-state index contributed by atoms with van der Waals surface area (Å²) in [6.45, 7) is 0.690. The van der Waals surface area contributed by atoms with Crippen molar-refractivity contribution in [2.24, 2.45) is 5.73 Å². The van der Waals surface area contributed by atoms with Crippen LogP contribution >= 0.6 is 11.3 Å². The minimum Gasteiger partial charge on any atom is -0.497 e. The van der Waals surface area contributed by atoms with Crippen molar-refractivity contribution in [1.29, 1.82) is 0 Å². The number of thiophene rings is 1. The summed E-state index contributed by atoms with van der Waals surface area (Å²) in [5.74, 6) is 0.765. The number of nitrogens with two attached hydrogens (primary N) is 1. The van der Waals surface area contributed by atoms with Crippen molar-refractivity contribution in [2.45, 2.75) is 17.2 Å². The number of benzene rings is 1. The van der Waals surface area contributed by atoms with Crippen LogP contribution in [0.2, 0.25) is 0 Å². The van der Waals surface area contributed by atoms with E-state index in [2.05, 4.69) is 4.72 Å². The Balaban J connectivity index is 1.95. The third kappa shape index (κ3) is 4.28. The zero-order chi connectivity index (χ0) is 15.3. The summed E-state index contributed by atoms with van der Waals surface area (Å²) in [5.41, 5.74) is 6.51. The van der Waals surface area contributed by atoms with Crippen LogP contribution in [0.3, 0.4) is 0 Å². The monoisotopic (exact) mass is 326 g/mol. The summed E-state index contributed by atoms with van der Waals surface area (Å²) in [6, 6.07) is 10.9. The van der Waals surface area contributed by atoms with Gasteiger partial charge in [-0.15, -0.1) is 11.3 Å². The Morgan fingerprint density at radius 1 is 1.29 bits per heavy atom. The zero-order valence-corrected chi connectivity index (χ0v) is 13.3. The SMILES string of the molecule is COc1cccc(CCNS(=O)(=O)c2ccc(CN)s2)c1. The number of nitrogens with one attached hydrogen (secondary N) is 1. The van der Waals surface area contributed by atoms with Crippen molar-refractivity contribution in [1.82, 2.24) is 4.72 Å². The predicted octanol–water partition coefficient (Wildman–Crippen LogP) is 1.74. The molecule has 1 aromatic heterocycles. The van der Waals surface area contributed by atoms with Crippen molar-refractivity contribution in [3.8, 4) is 5.75 Å². The molecule has 0 amide bonds. The number of ether oxygens (including phenoxy) is 1. The van der Waals surface area contributed by atoms with Crippen molar-refractivity contribution in [3.63, 3.8) is 0 Å². The van der Waals surface area contributed by atoms with Gasteiger partial charge in [0.05, 0.1) is 7.11 Å². The maximum Gasteiger partial charge on any atom is 0.250 e. The minimum atomic E-state index is -3.45. The van der Waals surface area contributed by atoms with Crippen LogP contribution in [0, 0.1) is 0 Å². The van der Waals surface area contributed by atoms with Crippen molar-refractivity contribution in [3.05, 3.63) is 46.8 Å². The minimum absolute atomic E-state index is 0.300. The normalized spacial score (nSPS) is 11.5. The maximum atomic E-state index is 12.1. The van der Waals surface area contributed by atoms with Gasteiger partial charge in [0.25, 0.3) is 0 Å². The Morgan fingerprint density at radius 3 is 2.76 bits per heavy atom. The molecule has 5 nitrogen and oxygen atoms in total. The molecule has 0 unspecified atom stereocenters. The number of methoxy groups -OCH3 is 1. The number of hydrogen-bond donors (Lipinski definition) is 2. The van der Waals surface area contributed by atoms with Gasteiger partial charge in [0.15, 0.2) is 0 Å². The zero-order valence-electron chi connectivity index (χ0n) is 11.7. The lowest BCUT2D eigenvalue weighted by atomic mass is 10.1. The lowest BCUT2D eigenvalue weighted by molar-refractivity contribution is 0.414. The summed E-state index contributed by atoms with van der Waals surface area (Å²) in [7, 11) is -1.85. The molecule has 0 aliphatic carbocycles. The lowest BCUT2D eigenvalue weighted by Crippen LogP contribution is -2.25. The molecule has 0 saturated carbocycles. The molecule has 1 heterocycles. The van der Waals surface area contributed by atoms with E-state index < -0.39 is 10.0 Å². The van der Waals surface area contributed by atoms with E-state index in [0.29, 0.717) is 23.7 Å². The number of sulfonamides is 1. The van der Waals surface area contributed by atoms with Crippen LogP contribution in [0.1, 0.15) is 10.4 Å². The smallest absolute Gasteiger partial charge is 0.250 e. The summed E-state index contributed by atoms with van der Waals surface area (Å²) >= 11 is 1.20. The van der Waals surface area contributed by atoms with Crippen LogP contribution in [0.25, 0.3) is 0 Å². The van der Waals surface area contributed by atoms with E-state index in [1.165, 1.54) is 11.3 Å². The fourth-order valence-corrected chi connectivity index (χ4v) is 4.15. The number of hydrogen-bond acceptors (Lipinski definition) is 5. The molecule has 3 N–H and O–H groups in total. The topological polar surface area (TPSA) is 81.4 Å². The molecule has 0 aliphatic rings. The van der Waals surface area contributed by atoms with Crippen LogP contribution in [0.4, 0.5) is 0 Å². The van der Waals surface area contributed by atoms with Crippen molar-refractivity contribution >= 4 is 21.4 Å². The highest BCUT2D eigenvalue weighted by Crippen LogP contribution is 2.21. The highest BCUT2D eigenvalue weighted by Gasteiger charge is 2.15. The molecule has 0 radical (unpaired) electrons. The average molecular weight is 326 g/mol. The van der Waals surface area contributed by atoms with Gasteiger partial charge in [-0.25, -0.2) is 13.1 Å². The van der Waals surface area contributed by atoms with E-state index in [-0.39, 0.29) is 0 Å². The Labute approximate surface area is 128 Å². The molecule has 0 fully saturated rings. The average Bonchev–Trinajstić information content (AvgIpc) is 2.97. The maximum absolute atomic E-state index is 12.1. The van der Waals surface area contributed by atoms with Crippen molar-refractivity contribution in [2.75, 3.05) is 13.7 Å². The summed E-state index contributed by atoms with van der Waals surface area (Å²) < 4.78 is 32.3. The standard InChI is InChI=1S/C14H18N2O3S2/c1-19-12-4-2-3-11(9-12)7-8-16-21(17,18)14-6-5-13(10-15)20-14/h2-6,9,16H,7-8,10,15H2,1H3. The summed E-state index contributed by atoms with van der Waals surface area (Å²) in [4.78, 5) is 0.850. The first kappa shape index (κ1) is 16.0. The molecule has 0 spiro atoms. The van der Waals surface area contributed by atoms with E-state index in [9.17, 15) is 8.42 Å². The Hall–Kier alpha value is -1.41. The van der Waals surface area contributed by atoms with Gasteiger partial charge in [-0.1, -0.05) is 12.1 Å². The summed E-state index contributed by atoms with van der Waals surface area (Å²) in [6.07, 6.45) is 0.603. The Morgan fingerprint density at radius 2 is 2.10 bits per heavy atom. The molecule has 1 aromatic carbocycles. The molecule has 21 heavy (non-hydrogen) atoms. The van der Waals surface area contributed by atoms with Crippen LogP contribution in [-0.4, -0.2) is 22.1 Å². The van der Waals surface area contributed by atoms with Crippen LogP contribution in [-0.2, 0) is 23.0 Å². The largest absolute Gasteiger partial charge is 0.497 e. The van der Waals surface area contributed by atoms with Gasteiger partial charge >= 0.3 is 0 Å². The van der Waals surface area contributed by atoms with Gasteiger partial charge in [-0.3, -0.25) is 0 Å². The van der Waals surface area contributed by atoms with E-state index in [1.807, 2.05) is 24.3 Å². The Kier molecular flexibility index (Phi) is 5.35. The molecule has 114 valence electrons. The van der Waals surface area contributed by atoms with Gasteiger partial charge in [0, 0.05) is 18.0 Å². The molecule has 0 atom stereocenters. The van der Waals surface area contributed by atoms with Gasteiger partial charge in [0.1, 0.15) is 9.96 Å². The molecule has 7 heteroatoms. The molecular weight excluding hydrogens is 308 g/mol. The molecular formula is C14H18N2O3S2. The first-order valence-corrected chi connectivity index (χ1v) is 8.76. The van der Waals surface area contributed by atoms with E-state index in [0.717, 1.165) is 16.2 Å². The van der Waals surface area contributed by atoms with Gasteiger partial charge in [-0.05, 0) is 36.2 Å². The number of rotatable bonds is 7. The third-order valence-corrected chi connectivity index (χ3v) is 6.00. The second-order valence-corrected chi connectivity index (χ2v) is 7.59. The third-order valence-electron chi connectivity index (χ3n) is 2.94. The van der Waals surface area contributed by atoms with Crippen LogP contribution in [0.15, 0.2) is 40.6 Å². The van der Waals surface area contributed by atoms with Crippen molar-refractivity contribution < 1.29 is 13.2 Å². The predicted molar refractivity (Wildman–Crippen MR) is 84.1 cm³/mol. The molecule has 2 aromatic rings. The van der Waals surface area contributed by atoms with E-state index in [1.54, 1.807) is 19.2 Å².